The Morgan fingerprint density at radius 1 is 0.907 bits per heavy atom. The number of carbonyl (C=O) groups is 4. The van der Waals surface area contributed by atoms with Crippen LogP contribution < -0.4 is 5.32 Å². The summed E-state index contributed by atoms with van der Waals surface area (Å²) in [4.78, 5) is 61.9. The van der Waals surface area contributed by atoms with E-state index >= 15 is 0 Å². The first-order valence-electron chi connectivity index (χ1n) is 19.3. The van der Waals surface area contributed by atoms with Crippen LogP contribution >= 0.6 is 0 Å². The van der Waals surface area contributed by atoms with Crippen LogP contribution in [0.25, 0.3) is 0 Å². The molecular weight excluding hydrogens is 684 g/mol. The van der Waals surface area contributed by atoms with Gasteiger partial charge in [0.1, 0.15) is 6.04 Å². The van der Waals surface area contributed by atoms with Gasteiger partial charge in [0.05, 0.1) is 43.5 Å². The van der Waals surface area contributed by atoms with Crippen LogP contribution in [0, 0.1) is 28.6 Å². The molecule has 4 heterocycles. The molecule has 5 atom stereocenters. The van der Waals surface area contributed by atoms with Crippen molar-refractivity contribution in [1.29, 1.82) is 0 Å². The summed E-state index contributed by atoms with van der Waals surface area (Å²) in [6, 6.07) is 18.7. The van der Waals surface area contributed by atoms with E-state index in [-0.39, 0.29) is 54.0 Å². The fourth-order valence-electron chi connectivity index (χ4n) is 8.66. The number of amides is 4. The number of piperidine rings is 1. The van der Waals surface area contributed by atoms with Gasteiger partial charge >= 0.3 is 0 Å². The van der Waals surface area contributed by atoms with E-state index in [2.05, 4.69) is 24.3 Å². The predicted molar refractivity (Wildman–Crippen MR) is 202 cm³/mol. The van der Waals surface area contributed by atoms with Gasteiger partial charge < -0.3 is 29.5 Å². The third-order valence-corrected chi connectivity index (χ3v) is 12.1. The van der Waals surface area contributed by atoms with Gasteiger partial charge in [0.25, 0.3) is 5.91 Å². The fourth-order valence-corrected chi connectivity index (χ4v) is 8.66. The Morgan fingerprint density at radius 3 is 2.24 bits per heavy atom. The number of nitrogens with zero attached hydrogens (tertiary/aromatic N) is 5. The predicted octanol–water partition coefficient (Wildman–Crippen LogP) is 3.85. The largest absolute Gasteiger partial charge is 0.384 e. The number of carbonyl (C=O) groups excluding carboxylic acids is 4. The molecule has 12 heteroatoms. The van der Waals surface area contributed by atoms with Crippen LogP contribution in [0.2, 0.25) is 0 Å². The fraction of sp³-hybridized carbons (Fsp3) is 0.548. The van der Waals surface area contributed by atoms with Gasteiger partial charge in [-0.2, -0.15) is 5.10 Å². The molecule has 1 aliphatic carbocycles. The number of aromatic nitrogens is 2. The van der Waals surface area contributed by atoms with Crippen LogP contribution in [-0.2, 0) is 37.0 Å². The van der Waals surface area contributed by atoms with Crippen LogP contribution in [0.5, 0.6) is 0 Å². The Balaban J connectivity index is 1.10. The molecule has 0 radical (unpaired) electrons. The Labute approximate surface area is 318 Å². The molecule has 3 aromatic rings. The van der Waals surface area contributed by atoms with E-state index in [0.29, 0.717) is 51.4 Å². The molecule has 2 aromatic carbocycles. The van der Waals surface area contributed by atoms with Crippen molar-refractivity contribution in [2.45, 2.75) is 65.3 Å². The van der Waals surface area contributed by atoms with Crippen molar-refractivity contribution in [3.05, 3.63) is 89.7 Å². The average molecular weight is 739 g/mol. The number of rotatable bonds is 13. The molecule has 4 aliphatic rings. The molecule has 1 spiro atoms. The summed E-state index contributed by atoms with van der Waals surface area (Å²) in [7, 11) is 1.67. The number of benzene rings is 2. The molecule has 54 heavy (non-hydrogen) atoms. The lowest BCUT2D eigenvalue weighted by molar-refractivity contribution is -0.153. The summed E-state index contributed by atoms with van der Waals surface area (Å²) in [5.74, 6) is -1.01. The molecule has 2 unspecified atom stereocenters. The van der Waals surface area contributed by atoms with Crippen molar-refractivity contribution in [3.63, 3.8) is 0 Å². The standard InChI is InChI=1S/C42H54N6O6/c1-29(54-25-31-14-9-6-10-15-31)36(40(52)45-17-11-16-32(20-45)24-53-4)44-37(49)35-23-46(26-42(35)27-47(28-42)39(51)34-18-41(34,2)3)38(50)33-19-43-48(22-33)21-30-12-7-5-8-13-30/h5-10,12-15,19,22,29,32,34-36H,11,16-18,20-21,23-28H2,1-4H3,(H,44,49)/t29-,32?,34-,35?,36+/m1/s1. The highest BCUT2D eigenvalue weighted by atomic mass is 16.5. The van der Waals surface area contributed by atoms with Gasteiger partial charge in [-0.3, -0.25) is 23.9 Å². The van der Waals surface area contributed by atoms with Gasteiger partial charge in [-0.1, -0.05) is 74.5 Å². The lowest BCUT2D eigenvalue weighted by atomic mass is 9.70. The van der Waals surface area contributed by atoms with E-state index in [1.165, 1.54) is 0 Å². The Bertz CT molecular complexity index is 1810. The quantitative estimate of drug-likeness (QED) is 0.283. The second kappa shape index (κ2) is 15.7. The monoisotopic (exact) mass is 738 g/mol. The van der Waals surface area contributed by atoms with Crippen molar-refractivity contribution < 1.29 is 28.7 Å². The summed E-state index contributed by atoms with van der Waals surface area (Å²) in [6.45, 7) is 9.84. The van der Waals surface area contributed by atoms with Crippen LogP contribution in [-0.4, -0.2) is 113 Å². The summed E-state index contributed by atoms with van der Waals surface area (Å²) in [5.41, 5.74) is 1.83. The Hall–Kier alpha value is -4.55. The highest BCUT2D eigenvalue weighted by molar-refractivity contribution is 5.96. The molecular formula is C42H54N6O6. The zero-order valence-corrected chi connectivity index (χ0v) is 32.0. The van der Waals surface area contributed by atoms with Gasteiger partial charge in [-0.15, -0.1) is 0 Å². The number of nitrogens with one attached hydrogen (secondary N) is 1. The smallest absolute Gasteiger partial charge is 0.257 e. The Kier molecular flexibility index (Phi) is 11.0. The van der Waals surface area contributed by atoms with Crippen molar-refractivity contribution in [3.8, 4) is 0 Å². The molecule has 1 aromatic heterocycles. The minimum absolute atomic E-state index is 0.0195. The normalized spacial score (nSPS) is 23.8. The van der Waals surface area contributed by atoms with E-state index in [1.807, 2.05) is 77.4 Å². The SMILES string of the molecule is COCC1CCCN(C(=O)[C@@H](NC(=O)C2CN(C(=O)c3cnn(Cc4ccccc4)c3)CC23CN(C(=O)[C@H]2CC2(C)C)C3)[C@@H](C)OCc2ccccc2)C1. The molecule has 3 aliphatic heterocycles. The first-order chi connectivity index (χ1) is 26.0. The molecule has 288 valence electrons. The van der Waals surface area contributed by atoms with E-state index in [1.54, 1.807) is 29.1 Å². The highest BCUT2D eigenvalue weighted by Crippen LogP contribution is 2.54. The van der Waals surface area contributed by atoms with E-state index in [9.17, 15) is 19.2 Å². The lowest BCUT2D eigenvalue weighted by Crippen LogP contribution is -2.65. The highest BCUT2D eigenvalue weighted by Gasteiger charge is 2.62. The van der Waals surface area contributed by atoms with Gasteiger partial charge in [-0.05, 0) is 48.6 Å². The molecule has 1 N–H and O–H groups in total. The molecule has 3 saturated heterocycles. The summed E-state index contributed by atoms with van der Waals surface area (Å²) >= 11 is 0. The third kappa shape index (κ3) is 8.10. The second-order valence-electron chi connectivity index (χ2n) is 16.7. The van der Waals surface area contributed by atoms with E-state index in [4.69, 9.17) is 9.47 Å². The van der Waals surface area contributed by atoms with E-state index in [0.717, 1.165) is 30.4 Å². The first-order valence-corrected chi connectivity index (χ1v) is 19.3. The van der Waals surface area contributed by atoms with E-state index < -0.39 is 23.5 Å². The van der Waals surface area contributed by atoms with Crippen molar-refractivity contribution >= 4 is 23.6 Å². The minimum atomic E-state index is -0.939. The van der Waals surface area contributed by atoms with Crippen LogP contribution in [0.4, 0.5) is 0 Å². The van der Waals surface area contributed by atoms with Gasteiger partial charge in [0.2, 0.25) is 17.7 Å². The Morgan fingerprint density at radius 2 is 1.57 bits per heavy atom. The number of hydrogen-bond acceptors (Lipinski definition) is 7. The van der Waals surface area contributed by atoms with Crippen LogP contribution in [0.1, 0.15) is 61.5 Å². The molecule has 0 bridgehead atoms. The second-order valence-corrected chi connectivity index (χ2v) is 16.7. The topological polar surface area (TPSA) is 126 Å². The summed E-state index contributed by atoms with van der Waals surface area (Å²) in [5, 5.41) is 7.60. The summed E-state index contributed by atoms with van der Waals surface area (Å²) in [6.07, 6.45) is 5.37. The minimum Gasteiger partial charge on any atom is -0.384 e. The van der Waals surface area contributed by atoms with Gasteiger partial charge in [0.15, 0.2) is 0 Å². The molecule has 12 nitrogen and oxygen atoms in total. The maximum Gasteiger partial charge on any atom is 0.257 e. The molecule has 1 saturated carbocycles. The number of methoxy groups -OCH3 is 1. The third-order valence-electron chi connectivity index (χ3n) is 12.1. The number of hydrogen-bond donors (Lipinski definition) is 1. The number of ether oxygens (including phenoxy) is 2. The average Bonchev–Trinajstić information content (AvgIpc) is 3.46. The zero-order valence-electron chi connectivity index (χ0n) is 32.0. The van der Waals surface area contributed by atoms with Gasteiger partial charge in [-0.25, -0.2) is 0 Å². The van der Waals surface area contributed by atoms with Crippen molar-refractivity contribution in [2.24, 2.45) is 28.6 Å². The molecule has 7 rings (SSSR count). The van der Waals surface area contributed by atoms with Crippen LogP contribution in [0.3, 0.4) is 0 Å². The maximum absolute atomic E-state index is 14.6. The van der Waals surface area contributed by atoms with Crippen molar-refractivity contribution in [2.75, 3.05) is 53.0 Å². The molecule has 4 fully saturated rings. The summed E-state index contributed by atoms with van der Waals surface area (Å²) < 4.78 is 13.4. The molecule has 4 amide bonds. The first kappa shape index (κ1) is 37.8. The number of likely N-dealkylation sites (tertiary alicyclic amines) is 3. The zero-order chi connectivity index (χ0) is 38.0. The maximum atomic E-state index is 14.6. The van der Waals surface area contributed by atoms with Gasteiger partial charge in [0, 0.05) is 63.9 Å². The van der Waals surface area contributed by atoms with Crippen LogP contribution in [0.15, 0.2) is 73.1 Å². The van der Waals surface area contributed by atoms with Crippen molar-refractivity contribution in [1.82, 2.24) is 29.8 Å². The lowest BCUT2D eigenvalue weighted by Gasteiger charge is -2.50.